The number of carboxylic acids is 1. The van der Waals surface area contributed by atoms with Crippen molar-refractivity contribution in [3.8, 4) is 11.5 Å². The van der Waals surface area contributed by atoms with Crippen LogP contribution >= 0.6 is 11.3 Å². The van der Waals surface area contributed by atoms with E-state index >= 15 is 0 Å². The second kappa shape index (κ2) is 5.66. The molecule has 7 heteroatoms. The fourth-order valence-electron chi connectivity index (χ4n) is 0.759. The molecule has 0 atom stereocenters. The van der Waals surface area contributed by atoms with Gasteiger partial charge in [0.2, 0.25) is 0 Å². The molecule has 0 spiro atoms. The molecule has 2 aromatic rings. The highest BCUT2D eigenvalue weighted by Gasteiger charge is 2.00. The smallest absolute Gasteiger partial charge is 0.394 e. The van der Waals surface area contributed by atoms with Crippen molar-refractivity contribution in [3.63, 3.8) is 0 Å². The van der Waals surface area contributed by atoms with Crippen LogP contribution in [0.25, 0.3) is 11.5 Å². The van der Waals surface area contributed by atoms with E-state index in [0.717, 1.165) is 11.5 Å². The largest absolute Gasteiger partial charge is 0.474 e. The van der Waals surface area contributed by atoms with E-state index in [-0.39, 0.29) is 0 Å². The number of carbonyl (C=O) groups is 2. The van der Waals surface area contributed by atoms with Gasteiger partial charge in [-0.05, 0) is 12.1 Å². The number of carbonyl (C=O) groups excluding carboxylic acids is 1. The van der Waals surface area contributed by atoms with Crippen molar-refractivity contribution in [1.82, 2.24) is 4.98 Å². The average Bonchev–Trinajstić information content (AvgIpc) is 2.91. The van der Waals surface area contributed by atoms with Gasteiger partial charge < -0.3 is 15.3 Å². The number of hydrogen-bond donors (Lipinski definition) is 2. The Labute approximate surface area is 94.3 Å². The number of nitrogens with zero attached hydrogens (tertiary/aromatic N) is 1. The monoisotopic (exact) mass is 240 g/mol. The molecule has 6 nitrogen and oxygen atoms in total. The molecule has 0 aliphatic rings. The number of amides is 1. The van der Waals surface area contributed by atoms with Gasteiger partial charge in [-0.15, -0.1) is 11.3 Å². The first kappa shape index (κ1) is 11.9. The van der Waals surface area contributed by atoms with Gasteiger partial charge >= 0.3 is 11.9 Å². The molecule has 0 aliphatic heterocycles. The van der Waals surface area contributed by atoms with Gasteiger partial charge in [-0.25, -0.2) is 9.78 Å². The first-order valence-corrected chi connectivity index (χ1v) is 5.00. The Bertz CT molecular complexity index is 406. The molecule has 0 radical (unpaired) electrons. The molecule has 1 amide bonds. The predicted octanol–water partition coefficient (Wildman–Crippen LogP) is 0.959. The molecule has 0 aromatic carbocycles. The number of furan rings is 1. The van der Waals surface area contributed by atoms with Crippen molar-refractivity contribution in [1.29, 1.82) is 0 Å². The highest BCUT2D eigenvalue weighted by atomic mass is 32.1. The summed E-state index contributed by atoms with van der Waals surface area (Å²) in [5.41, 5.74) is 6.90. The Morgan fingerprint density at radius 1 is 1.50 bits per heavy atom. The number of thiazole rings is 1. The number of carboxylic acid groups (broad SMARTS) is 1. The van der Waals surface area contributed by atoms with Crippen molar-refractivity contribution in [2.24, 2.45) is 5.73 Å². The average molecular weight is 240 g/mol. The topological polar surface area (TPSA) is 106 Å². The lowest BCUT2D eigenvalue weighted by Crippen LogP contribution is -2.21. The van der Waals surface area contributed by atoms with Gasteiger partial charge in [-0.1, -0.05) is 0 Å². The third-order valence-electron chi connectivity index (χ3n) is 1.42. The molecule has 0 fully saturated rings. The molecule has 16 heavy (non-hydrogen) atoms. The van der Waals surface area contributed by atoms with E-state index in [4.69, 9.17) is 9.52 Å². The molecule has 0 saturated heterocycles. The maximum absolute atomic E-state index is 9.32. The van der Waals surface area contributed by atoms with Crippen molar-refractivity contribution < 1.29 is 19.1 Å². The molecule has 84 valence electrons. The molecule has 0 saturated carbocycles. The van der Waals surface area contributed by atoms with Crippen LogP contribution in [0.3, 0.4) is 0 Å². The van der Waals surface area contributed by atoms with Gasteiger partial charge in [0.25, 0.3) is 0 Å². The maximum atomic E-state index is 9.32. The second-order valence-electron chi connectivity index (χ2n) is 2.52. The molecule has 2 rings (SSSR count). The first-order chi connectivity index (χ1) is 7.61. The fraction of sp³-hybridized carbons (Fsp3) is 0. The molecule has 3 N–H and O–H groups in total. The Morgan fingerprint density at radius 3 is 2.56 bits per heavy atom. The highest BCUT2D eigenvalue weighted by molar-refractivity contribution is 7.07. The van der Waals surface area contributed by atoms with Gasteiger partial charge in [0.05, 0.1) is 11.8 Å². The van der Waals surface area contributed by atoms with E-state index in [1.165, 1.54) is 0 Å². The molecular formula is C9H8N2O4S. The molecular weight excluding hydrogens is 232 g/mol. The summed E-state index contributed by atoms with van der Waals surface area (Å²) in [6.07, 6.45) is 1.65. The van der Waals surface area contributed by atoms with Crippen LogP contribution < -0.4 is 5.73 Å². The van der Waals surface area contributed by atoms with Crippen molar-refractivity contribution in [2.75, 3.05) is 0 Å². The van der Waals surface area contributed by atoms with E-state index in [0.29, 0.717) is 0 Å². The minimum absolute atomic E-state index is 0.834. The number of aliphatic carboxylic acids is 1. The van der Waals surface area contributed by atoms with Crippen LogP contribution in [0.5, 0.6) is 0 Å². The van der Waals surface area contributed by atoms with Gasteiger partial charge in [0.15, 0.2) is 5.76 Å². The summed E-state index contributed by atoms with van der Waals surface area (Å²) >= 11 is 1.57. The SMILES string of the molecule is NC(=O)C(=O)O.c1coc(-c2cscn2)c1. The summed E-state index contributed by atoms with van der Waals surface area (Å²) in [5.74, 6) is -2.09. The standard InChI is InChI=1S/C7H5NOS.C2H3NO3/c1-2-7(9-3-1)6-4-10-5-8-6;3-1(4)2(5)6/h1-5H;(H2,3,4)(H,5,6). The molecule has 0 bridgehead atoms. The Kier molecular flexibility index (Phi) is 4.22. The molecule has 0 unspecified atom stereocenters. The summed E-state index contributed by atoms with van der Waals surface area (Å²) < 4.78 is 5.12. The van der Waals surface area contributed by atoms with Gasteiger partial charge in [-0.2, -0.15) is 0 Å². The lowest BCUT2D eigenvalue weighted by atomic mass is 10.4. The minimum Gasteiger partial charge on any atom is -0.474 e. The summed E-state index contributed by atoms with van der Waals surface area (Å²) in [6.45, 7) is 0. The van der Waals surface area contributed by atoms with E-state index in [1.807, 2.05) is 17.5 Å². The molecule has 0 aliphatic carbocycles. The van der Waals surface area contributed by atoms with Crippen LogP contribution in [0.15, 0.2) is 33.7 Å². The van der Waals surface area contributed by atoms with E-state index in [1.54, 1.807) is 23.1 Å². The number of rotatable bonds is 1. The van der Waals surface area contributed by atoms with E-state index < -0.39 is 11.9 Å². The van der Waals surface area contributed by atoms with Crippen LogP contribution in [-0.2, 0) is 9.59 Å². The molecule has 2 aromatic heterocycles. The number of primary amides is 1. The Balaban J connectivity index is 0.000000187. The van der Waals surface area contributed by atoms with Gasteiger partial charge in [0.1, 0.15) is 5.69 Å². The normalized spacial score (nSPS) is 9.00. The van der Waals surface area contributed by atoms with Gasteiger partial charge in [-0.3, -0.25) is 4.79 Å². The van der Waals surface area contributed by atoms with E-state index in [2.05, 4.69) is 10.7 Å². The second-order valence-corrected chi connectivity index (χ2v) is 3.24. The fourth-order valence-corrected chi connectivity index (χ4v) is 1.30. The molecule has 2 heterocycles. The van der Waals surface area contributed by atoms with Crippen LogP contribution in [-0.4, -0.2) is 22.0 Å². The van der Waals surface area contributed by atoms with Crippen molar-refractivity contribution >= 4 is 23.2 Å². The van der Waals surface area contributed by atoms with E-state index in [9.17, 15) is 9.59 Å². The lowest BCUT2D eigenvalue weighted by Gasteiger charge is -1.83. The third-order valence-corrected chi connectivity index (χ3v) is 2.00. The minimum atomic E-state index is -1.60. The van der Waals surface area contributed by atoms with Gasteiger partial charge in [0, 0.05) is 5.38 Å². The number of nitrogens with two attached hydrogens (primary N) is 1. The van der Waals surface area contributed by atoms with Crippen LogP contribution in [0.1, 0.15) is 0 Å². The zero-order chi connectivity index (χ0) is 12.0. The first-order valence-electron chi connectivity index (χ1n) is 4.06. The zero-order valence-corrected chi connectivity index (χ0v) is 8.81. The zero-order valence-electron chi connectivity index (χ0n) is 7.99. The maximum Gasteiger partial charge on any atom is 0.394 e. The Morgan fingerprint density at radius 2 is 2.19 bits per heavy atom. The summed E-state index contributed by atoms with van der Waals surface area (Å²) in [6, 6.07) is 3.75. The van der Waals surface area contributed by atoms with Crippen LogP contribution in [0, 0.1) is 0 Å². The predicted molar refractivity (Wildman–Crippen MR) is 56.6 cm³/mol. The summed E-state index contributed by atoms with van der Waals surface area (Å²) in [4.78, 5) is 22.6. The highest BCUT2D eigenvalue weighted by Crippen LogP contribution is 2.18. The van der Waals surface area contributed by atoms with Crippen molar-refractivity contribution in [2.45, 2.75) is 0 Å². The quantitative estimate of drug-likeness (QED) is 0.722. The summed E-state index contributed by atoms with van der Waals surface area (Å²) in [7, 11) is 0. The Hall–Kier alpha value is -2.15. The lowest BCUT2D eigenvalue weighted by molar-refractivity contribution is -0.148. The van der Waals surface area contributed by atoms with Crippen LogP contribution in [0.4, 0.5) is 0 Å². The summed E-state index contributed by atoms with van der Waals surface area (Å²) in [5, 5.41) is 9.47. The number of aromatic nitrogens is 1. The van der Waals surface area contributed by atoms with Crippen LogP contribution in [0.2, 0.25) is 0 Å². The van der Waals surface area contributed by atoms with Crippen molar-refractivity contribution in [3.05, 3.63) is 29.3 Å². The number of hydrogen-bond acceptors (Lipinski definition) is 5. The third kappa shape index (κ3) is 3.54.